The van der Waals surface area contributed by atoms with E-state index >= 15 is 0 Å². The third-order valence-corrected chi connectivity index (χ3v) is 8.38. The van der Waals surface area contributed by atoms with Gasteiger partial charge in [-0.2, -0.15) is 4.31 Å². The molecule has 162 valence electrons. The van der Waals surface area contributed by atoms with Crippen LogP contribution in [0.3, 0.4) is 0 Å². The molecule has 3 aromatic rings. The highest BCUT2D eigenvalue weighted by Gasteiger charge is 2.28. The smallest absolute Gasteiger partial charge is 0.255 e. The summed E-state index contributed by atoms with van der Waals surface area (Å²) in [6.07, 6.45) is 0. The first-order valence-corrected chi connectivity index (χ1v) is 12.0. The minimum Gasteiger partial charge on any atom is -0.497 e. The molecule has 1 aliphatic heterocycles. The quantitative estimate of drug-likeness (QED) is 0.609. The van der Waals surface area contributed by atoms with Gasteiger partial charge in [-0.05, 0) is 42.0 Å². The Labute approximate surface area is 185 Å². The molecule has 1 amide bonds. The van der Waals surface area contributed by atoms with Crippen LogP contribution in [0, 0.1) is 0 Å². The summed E-state index contributed by atoms with van der Waals surface area (Å²) in [5, 5.41) is 2.85. The summed E-state index contributed by atoms with van der Waals surface area (Å²) < 4.78 is 37.9. The Hall–Kier alpha value is -2.72. The predicted molar refractivity (Wildman–Crippen MR) is 120 cm³/mol. The number of amides is 1. The standard InChI is InChI=1S/C22H22N2O5S2/c1-28-19-7-3-6-18(15-19)23-22(25)17-5-2-4-16(14-17)20-8-9-21(30-20)31(26,27)24-10-12-29-13-11-24/h2-9,14-15H,10-13H2,1H3,(H,23,25). The van der Waals surface area contributed by atoms with Gasteiger partial charge in [0.15, 0.2) is 0 Å². The van der Waals surface area contributed by atoms with Gasteiger partial charge < -0.3 is 14.8 Å². The monoisotopic (exact) mass is 458 g/mol. The van der Waals surface area contributed by atoms with Crippen molar-refractivity contribution in [2.45, 2.75) is 4.21 Å². The van der Waals surface area contributed by atoms with Gasteiger partial charge >= 0.3 is 0 Å². The second-order valence-corrected chi connectivity index (χ2v) is 10.2. The summed E-state index contributed by atoms with van der Waals surface area (Å²) in [6, 6.07) is 17.6. The zero-order chi connectivity index (χ0) is 21.8. The van der Waals surface area contributed by atoms with E-state index in [-0.39, 0.29) is 10.1 Å². The highest BCUT2D eigenvalue weighted by Crippen LogP contribution is 2.33. The molecule has 7 nitrogen and oxygen atoms in total. The fraction of sp³-hybridized carbons (Fsp3) is 0.227. The van der Waals surface area contributed by atoms with E-state index in [0.717, 1.165) is 10.4 Å². The van der Waals surface area contributed by atoms with E-state index in [1.165, 1.54) is 15.6 Å². The van der Waals surface area contributed by atoms with Gasteiger partial charge in [0.05, 0.1) is 20.3 Å². The maximum atomic E-state index is 12.9. The van der Waals surface area contributed by atoms with Crippen molar-refractivity contribution >= 4 is 33.0 Å². The molecule has 1 saturated heterocycles. The third-order valence-electron chi connectivity index (χ3n) is 4.88. The third kappa shape index (κ3) is 4.80. The Morgan fingerprint density at radius 1 is 1.06 bits per heavy atom. The molecule has 1 fully saturated rings. The van der Waals surface area contributed by atoms with E-state index in [9.17, 15) is 13.2 Å². The lowest BCUT2D eigenvalue weighted by Crippen LogP contribution is -2.40. The Balaban J connectivity index is 1.54. The Bertz CT molecular complexity index is 1180. The van der Waals surface area contributed by atoms with Gasteiger partial charge in [0, 0.05) is 35.3 Å². The lowest BCUT2D eigenvalue weighted by molar-refractivity contribution is 0.0731. The number of rotatable bonds is 6. The first kappa shape index (κ1) is 21.5. The number of nitrogens with zero attached hydrogens (tertiary/aromatic N) is 1. The molecule has 2 heterocycles. The molecule has 4 rings (SSSR count). The molecule has 0 aliphatic carbocycles. The Kier molecular flexibility index (Phi) is 6.38. The first-order chi connectivity index (χ1) is 15.0. The summed E-state index contributed by atoms with van der Waals surface area (Å²) in [5.41, 5.74) is 1.89. The molecule has 0 atom stereocenters. The van der Waals surface area contributed by atoms with Gasteiger partial charge in [0.2, 0.25) is 0 Å². The molecule has 0 spiro atoms. The predicted octanol–water partition coefficient (Wildman–Crippen LogP) is 3.70. The molecule has 1 aliphatic rings. The van der Waals surface area contributed by atoms with Crippen molar-refractivity contribution in [3.05, 3.63) is 66.2 Å². The van der Waals surface area contributed by atoms with Crippen LogP contribution in [-0.2, 0) is 14.8 Å². The Morgan fingerprint density at radius 3 is 2.61 bits per heavy atom. The maximum Gasteiger partial charge on any atom is 0.255 e. The molecule has 2 aromatic carbocycles. The summed E-state index contributed by atoms with van der Waals surface area (Å²) in [5.74, 6) is 0.395. The van der Waals surface area contributed by atoms with E-state index < -0.39 is 10.0 Å². The van der Waals surface area contributed by atoms with Crippen LogP contribution in [0.15, 0.2) is 64.9 Å². The number of benzene rings is 2. The summed E-state index contributed by atoms with van der Waals surface area (Å²) in [7, 11) is -1.97. The van der Waals surface area contributed by atoms with Crippen LogP contribution in [0.1, 0.15) is 10.4 Å². The fourth-order valence-electron chi connectivity index (χ4n) is 3.25. The van der Waals surface area contributed by atoms with Crippen LogP contribution in [0.5, 0.6) is 5.75 Å². The number of hydrogen-bond donors (Lipinski definition) is 1. The molecule has 0 radical (unpaired) electrons. The Morgan fingerprint density at radius 2 is 1.84 bits per heavy atom. The van der Waals surface area contributed by atoms with Gasteiger partial charge in [-0.3, -0.25) is 4.79 Å². The molecule has 0 unspecified atom stereocenters. The van der Waals surface area contributed by atoms with E-state index in [0.29, 0.717) is 43.3 Å². The lowest BCUT2D eigenvalue weighted by atomic mass is 10.1. The van der Waals surface area contributed by atoms with Crippen LogP contribution in [-0.4, -0.2) is 52.0 Å². The number of ether oxygens (including phenoxy) is 2. The summed E-state index contributed by atoms with van der Waals surface area (Å²) in [4.78, 5) is 13.5. The minimum absolute atomic E-state index is 0.257. The van der Waals surface area contributed by atoms with Crippen LogP contribution < -0.4 is 10.1 Å². The lowest BCUT2D eigenvalue weighted by Gasteiger charge is -2.25. The number of anilines is 1. The van der Waals surface area contributed by atoms with E-state index in [4.69, 9.17) is 9.47 Å². The van der Waals surface area contributed by atoms with Crippen LogP contribution in [0.4, 0.5) is 5.69 Å². The van der Waals surface area contributed by atoms with Crippen molar-refractivity contribution in [3.63, 3.8) is 0 Å². The van der Waals surface area contributed by atoms with Gasteiger partial charge in [0.25, 0.3) is 15.9 Å². The van der Waals surface area contributed by atoms with Crippen molar-refractivity contribution in [1.82, 2.24) is 4.31 Å². The number of morpholine rings is 1. The zero-order valence-electron chi connectivity index (χ0n) is 16.9. The molecule has 9 heteroatoms. The minimum atomic E-state index is -3.54. The number of hydrogen-bond acceptors (Lipinski definition) is 6. The van der Waals surface area contributed by atoms with Crippen LogP contribution in [0.25, 0.3) is 10.4 Å². The molecule has 1 aromatic heterocycles. The summed E-state index contributed by atoms with van der Waals surface area (Å²) in [6.45, 7) is 1.52. The highest BCUT2D eigenvalue weighted by molar-refractivity contribution is 7.91. The molecule has 0 bridgehead atoms. The first-order valence-electron chi connectivity index (χ1n) is 9.71. The largest absolute Gasteiger partial charge is 0.497 e. The number of thiophene rings is 1. The summed E-state index contributed by atoms with van der Waals surface area (Å²) >= 11 is 1.20. The van der Waals surface area contributed by atoms with Gasteiger partial charge in [-0.25, -0.2) is 8.42 Å². The normalized spacial score (nSPS) is 14.9. The average Bonchev–Trinajstić information content (AvgIpc) is 3.31. The van der Waals surface area contributed by atoms with Crippen molar-refractivity contribution in [3.8, 4) is 16.2 Å². The molecular formula is C22H22N2O5S2. The number of carbonyl (C=O) groups is 1. The second kappa shape index (κ2) is 9.19. The SMILES string of the molecule is COc1cccc(NC(=O)c2cccc(-c3ccc(S(=O)(=O)N4CCOCC4)s3)c2)c1. The van der Waals surface area contributed by atoms with E-state index in [1.807, 2.05) is 6.07 Å². The molecule has 31 heavy (non-hydrogen) atoms. The van der Waals surface area contributed by atoms with Crippen LogP contribution >= 0.6 is 11.3 Å². The molecule has 1 N–H and O–H groups in total. The fourth-order valence-corrected chi connectivity index (χ4v) is 6.11. The van der Waals surface area contributed by atoms with E-state index in [1.54, 1.807) is 61.7 Å². The maximum absolute atomic E-state index is 12.9. The van der Waals surface area contributed by atoms with Crippen LogP contribution in [0.2, 0.25) is 0 Å². The molecular weight excluding hydrogens is 436 g/mol. The number of nitrogens with one attached hydrogen (secondary N) is 1. The number of sulfonamides is 1. The highest BCUT2D eigenvalue weighted by atomic mass is 32.2. The number of methoxy groups -OCH3 is 1. The molecule has 0 saturated carbocycles. The number of carbonyl (C=O) groups excluding carboxylic acids is 1. The van der Waals surface area contributed by atoms with Gasteiger partial charge in [-0.15, -0.1) is 11.3 Å². The van der Waals surface area contributed by atoms with Gasteiger partial charge in [-0.1, -0.05) is 18.2 Å². The van der Waals surface area contributed by atoms with Crippen molar-refractivity contribution in [2.24, 2.45) is 0 Å². The van der Waals surface area contributed by atoms with Crippen molar-refractivity contribution in [1.29, 1.82) is 0 Å². The second-order valence-electron chi connectivity index (χ2n) is 6.90. The van der Waals surface area contributed by atoms with Crippen molar-refractivity contribution < 1.29 is 22.7 Å². The van der Waals surface area contributed by atoms with Gasteiger partial charge in [0.1, 0.15) is 9.96 Å². The topological polar surface area (TPSA) is 84.9 Å². The average molecular weight is 459 g/mol. The zero-order valence-corrected chi connectivity index (χ0v) is 18.5. The van der Waals surface area contributed by atoms with Crippen molar-refractivity contribution in [2.75, 3.05) is 38.7 Å². The van der Waals surface area contributed by atoms with E-state index in [2.05, 4.69) is 5.32 Å².